The zero-order valence-electron chi connectivity index (χ0n) is 15.2. The molecule has 2 nitrogen and oxygen atoms in total. The molecule has 0 saturated heterocycles. The van der Waals surface area contributed by atoms with Gasteiger partial charge >= 0.3 is 0 Å². The summed E-state index contributed by atoms with van der Waals surface area (Å²) in [5, 5.41) is 0. The fraction of sp³-hybridized carbons (Fsp3) is 0.545. The molecule has 1 aliphatic carbocycles. The molecule has 1 aromatic carbocycles. The Morgan fingerprint density at radius 3 is 2.62 bits per heavy atom. The number of fused-ring (bicyclic) bond motifs is 1. The van der Waals surface area contributed by atoms with Crippen molar-refractivity contribution < 1.29 is 0 Å². The van der Waals surface area contributed by atoms with Crippen molar-refractivity contribution in [2.45, 2.75) is 71.6 Å². The van der Waals surface area contributed by atoms with E-state index in [1.807, 2.05) is 0 Å². The predicted octanol–water partition coefficient (Wildman–Crippen LogP) is 5.78. The average molecular weight is 322 g/mol. The van der Waals surface area contributed by atoms with Crippen LogP contribution in [0.5, 0.6) is 0 Å². The highest BCUT2D eigenvalue weighted by molar-refractivity contribution is 5.55. The van der Waals surface area contributed by atoms with Crippen LogP contribution in [-0.4, -0.2) is 9.97 Å². The lowest BCUT2D eigenvalue weighted by Gasteiger charge is -2.22. The van der Waals surface area contributed by atoms with E-state index in [0.717, 1.165) is 30.1 Å². The van der Waals surface area contributed by atoms with Gasteiger partial charge in [0.1, 0.15) is 0 Å². The Morgan fingerprint density at radius 2 is 1.88 bits per heavy atom. The van der Waals surface area contributed by atoms with Crippen molar-refractivity contribution in [3.63, 3.8) is 0 Å². The van der Waals surface area contributed by atoms with Crippen molar-refractivity contribution in [3.8, 4) is 11.4 Å². The molecule has 0 aliphatic heterocycles. The summed E-state index contributed by atoms with van der Waals surface area (Å²) in [4.78, 5) is 9.49. The molecule has 2 heteroatoms. The van der Waals surface area contributed by atoms with E-state index in [-0.39, 0.29) is 0 Å². The van der Waals surface area contributed by atoms with Gasteiger partial charge in [-0.1, -0.05) is 63.8 Å². The third kappa shape index (κ3) is 4.23. The van der Waals surface area contributed by atoms with Crippen LogP contribution in [0, 0.1) is 5.92 Å². The summed E-state index contributed by atoms with van der Waals surface area (Å²) in [5.41, 5.74) is 5.21. The quantitative estimate of drug-likeness (QED) is 0.604. The Labute approximate surface area is 146 Å². The first-order valence-electron chi connectivity index (χ1n) is 9.74. The van der Waals surface area contributed by atoms with Crippen molar-refractivity contribution >= 4 is 0 Å². The first-order chi connectivity index (χ1) is 11.8. The molecule has 1 aliphatic rings. The second-order valence-electron chi connectivity index (χ2n) is 7.19. The summed E-state index contributed by atoms with van der Waals surface area (Å²) in [7, 11) is 0. The minimum Gasteiger partial charge on any atom is -0.236 e. The molecule has 1 atom stereocenters. The fourth-order valence-electron chi connectivity index (χ4n) is 3.65. The van der Waals surface area contributed by atoms with Gasteiger partial charge in [-0.2, -0.15) is 0 Å². The highest BCUT2D eigenvalue weighted by Crippen LogP contribution is 2.27. The molecular formula is C22H30N2. The highest BCUT2D eigenvalue weighted by Gasteiger charge is 2.19. The highest BCUT2D eigenvalue weighted by atomic mass is 14.9. The Bertz CT molecular complexity index is 646. The number of aryl methyl sites for hydroxylation is 2. The summed E-state index contributed by atoms with van der Waals surface area (Å²) >= 11 is 0. The SMILES string of the molecule is CCCCCCc1ccc(-c2ncc3c(n2)CCC(CC)C3)cc1. The molecule has 0 fully saturated rings. The Balaban J connectivity index is 1.66. The fourth-order valence-corrected chi connectivity index (χ4v) is 3.65. The summed E-state index contributed by atoms with van der Waals surface area (Å²) < 4.78 is 0. The normalized spacial score (nSPS) is 16.8. The van der Waals surface area contributed by atoms with Crippen LogP contribution in [0.25, 0.3) is 11.4 Å². The zero-order chi connectivity index (χ0) is 16.8. The van der Waals surface area contributed by atoms with Crippen LogP contribution < -0.4 is 0 Å². The van der Waals surface area contributed by atoms with E-state index in [1.165, 1.54) is 61.8 Å². The molecule has 3 rings (SSSR count). The smallest absolute Gasteiger partial charge is 0.159 e. The van der Waals surface area contributed by atoms with Crippen LogP contribution in [0.2, 0.25) is 0 Å². The zero-order valence-corrected chi connectivity index (χ0v) is 15.2. The number of hydrogen-bond acceptors (Lipinski definition) is 2. The predicted molar refractivity (Wildman–Crippen MR) is 101 cm³/mol. The van der Waals surface area contributed by atoms with E-state index in [1.54, 1.807) is 0 Å². The van der Waals surface area contributed by atoms with Crippen molar-refractivity contribution in [2.24, 2.45) is 5.92 Å². The van der Waals surface area contributed by atoms with Gasteiger partial charge in [-0.15, -0.1) is 0 Å². The average Bonchev–Trinajstić information content (AvgIpc) is 2.65. The molecule has 0 N–H and O–H groups in total. The molecule has 1 heterocycles. The van der Waals surface area contributed by atoms with E-state index in [2.05, 4.69) is 49.3 Å². The largest absolute Gasteiger partial charge is 0.236 e. The second kappa shape index (κ2) is 8.41. The molecule has 2 aromatic rings. The lowest BCUT2D eigenvalue weighted by Crippen LogP contribution is -2.15. The molecule has 1 aromatic heterocycles. The minimum atomic E-state index is 0.818. The summed E-state index contributed by atoms with van der Waals surface area (Å²) in [6.07, 6.45) is 13.3. The third-order valence-electron chi connectivity index (χ3n) is 5.36. The molecule has 0 saturated carbocycles. The molecule has 0 amide bonds. The first-order valence-corrected chi connectivity index (χ1v) is 9.74. The summed E-state index contributed by atoms with van der Waals surface area (Å²) in [6, 6.07) is 8.87. The Morgan fingerprint density at radius 1 is 1.04 bits per heavy atom. The molecule has 0 spiro atoms. The van der Waals surface area contributed by atoms with Gasteiger partial charge in [0, 0.05) is 17.5 Å². The molecule has 1 unspecified atom stereocenters. The maximum absolute atomic E-state index is 4.86. The standard InChI is InChI=1S/C22H30N2/c1-3-5-6-7-8-18-9-12-19(13-10-18)22-23-16-20-15-17(4-2)11-14-21(20)24-22/h9-10,12-13,16-17H,3-8,11,14-15H2,1-2H3. The third-order valence-corrected chi connectivity index (χ3v) is 5.36. The monoisotopic (exact) mass is 322 g/mol. The van der Waals surface area contributed by atoms with Crippen molar-refractivity contribution in [1.82, 2.24) is 9.97 Å². The Kier molecular flexibility index (Phi) is 6.01. The van der Waals surface area contributed by atoms with E-state index in [9.17, 15) is 0 Å². The number of hydrogen-bond donors (Lipinski definition) is 0. The summed E-state index contributed by atoms with van der Waals surface area (Å²) in [5.74, 6) is 1.71. The van der Waals surface area contributed by atoms with E-state index in [4.69, 9.17) is 4.98 Å². The van der Waals surface area contributed by atoms with Gasteiger partial charge < -0.3 is 0 Å². The maximum Gasteiger partial charge on any atom is 0.159 e. The van der Waals surface area contributed by atoms with Gasteiger partial charge in [-0.3, -0.25) is 0 Å². The number of nitrogens with zero attached hydrogens (tertiary/aromatic N) is 2. The number of unbranched alkanes of at least 4 members (excludes halogenated alkanes) is 3. The van der Waals surface area contributed by atoms with Gasteiger partial charge in [0.2, 0.25) is 0 Å². The molecule has 128 valence electrons. The van der Waals surface area contributed by atoms with Crippen molar-refractivity contribution in [2.75, 3.05) is 0 Å². The van der Waals surface area contributed by atoms with Crippen LogP contribution in [0.1, 0.15) is 69.2 Å². The van der Waals surface area contributed by atoms with Gasteiger partial charge in [0.05, 0.1) is 0 Å². The van der Waals surface area contributed by atoms with E-state index >= 15 is 0 Å². The topological polar surface area (TPSA) is 25.8 Å². The number of rotatable bonds is 7. The maximum atomic E-state index is 4.86. The van der Waals surface area contributed by atoms with Crippen LogP contribution in [0.15, 0.2) is 30.5 Å². The van der Waals surface area contributed by atoms with Crippen molar-refractivity contribution in [3.05, 3.63) is 47.3 Å². The Hall–Kier alpha value is -1.70. The summed E-state index contributed by atoms with van der Waals surface area (Å²) in [6.45, 7) is 4.55. The molecule has 24 heavy (non-hydrogen) atoms. The number of aromatic nitrogens is 2. The minimum absolute atomic E-state index is 0.818. The van der Waals surface area contributed by atoms with Gasteiger partial charge in [0.15, 0.2) is 5.82 Å². The van der Waals surface area contributed by atoms with Crippen LogP contribution in [0.4, 0.5) is 0 Å². The van der Waals surface area contributed by atoms with Crippen LogP contribution in [-0.2, 0) is 19.3 Å². The van der Waals surface area contributed by atoms with Gasteiger partial charge in [0.25, 0.3) is 0 Å². The second-order valence-corrected chi connectivity index (χ2v) is 7.19. The lowest BCUT2D eigenvalue weighted by atomic mass is 9.86. The van der Waals surface area contributed by atoms with Gasteiger partial charge in [-0.25, -0.2) is 9.97 Å². The first kappa shape index (κ1) is 17.1. The van der Waals surface area contributed by atoms with E-state index in [0.29, 0.717) is 0 Å². The molecule has 0 bridgehead atoms. The van der Waals surface area contributed by atoms with Gasteiger partial charge in [-0.05, 0) is 49.1 Å². The van der Waals surface area contributed by atoms with Crippen LogP contribution in [0.3, 0.4) is 0 Å². The molecule has 0 radical (unpaired) electrons. The van der Waals surface area contributed by atoms with Crippen molar-refractivity contribution in [1.29, 1.82) is 0 Å². The van der Waals surface area contributed by atoms with Crippen LogP contribution >= 0.6 is 0 Å². The number of benzene rings is 1. The van der Waals surface area contributed by atoms with E-state index < -0.39 is 0 Å². The molecular weight excluding hydrogens is 292 g/mol. The lowest BCUT2D eigenvalue weighted by molar-refractivity contribution is 0.439.